The van der Waals surface area contributed by atoms with E-state index in [2.05, 4.69) is 17.4 Å². The van der Waals surface area contributed by atoms with Gasteiger partial charge in [0.2, 0.25) is 5.91 Å². The number of carbonyl (C=O) groups excluding carboxylic acids is 1. The Morgan fingerprint density at radius 1 is 0.955 bits per heavy atom. The Bertz CT molecular complexity index is 593. The van der Waals surface area contributed by atoms with E-state index in [0.717, 1.165) is 23.3 Å². The molecule has 2 aromatic carbocycles. The van der Waals surface area contributed by atoms with Gasteiger partial charge in [-0.15, -0.1) is 11.8 Å². The topological polar surface area (TPSA) is 29.1 Å². The molecular formula is C19H21NOS. The molecule has 0 heterocycles. The van der Waals surface area contributed by atoms with Gasteiger partial charge in [0.15, 0.2) is 0 Å². The standard InChI is InChI=1S/C19H21NOS/c21-19(20-16-11-7-8-12-16)18(15-9-3-1-4-10-15)22-17-13-5-2-6-14-17/h1-6,9-10,13-14,16,18H,7-8,11-12H2,(H,20,21)/t18-/m0/s1. The first-order chi connectivity index (χ1) is 10.8. The summed E-state index contributed by atoms with van der Waals surface area (Å²) in [4.78, 5) is 13.9. The van der Waals surface area contributed by atoms with Crippen LogP contribution in [0.25, 0.3) is 0 Å². The number of hydrogen-bond donors (Lipinski definition) is 1. The van der Waals surface area contributed by atoms with Crippen LogP contribution in [0.5, 0.6) is 0 Å². The molecule has 0 unspecified atom stereocenters. The number of thioether (sulfide) groups is 1. The van der Waals surface area contributed by atoms with E-state index in [4.69, 9.17) is 0 Å². The number of amides is 1. The maximum absolute atomic E-state index is 12.8. The molecule has 2 aromatic rings. The van der Waals surface area contributed by atoms with Crippen LogP contribution in [0, 0.1) is 0 Å². The molecule has 2 nitrogen and oxygen atoms in total. The van der Waals surface area contributed by atoms with Gasteiger partial charge in [-0.1, -0.05) is 61.4 Å². The van der Waals surface area contributed by atoms with Crippen molar-refractivity contribution in [2.75, 3.05) is 0 Å². The summed E-state index contributed by atoms with van der Waals surface area (Å²) in [6.45, 7) is 0. The Kier molecular flexibility index (Phi) is 5.17. The van der Waals surface area contributed by atoms with Crippen LogP contribution in [0.1, 0.15) is 36.5 Å². The van der Waals surface area contributed by atoms with E-state index in [1.54, 1.807) is 11.8 Å². The lowest BCUT2D eigenvalue weighted by Crippen LogP contribution is -2.35. The van der Waals surface area contributed by atoms with Gasteiger partial charge in [0.1, 0.15) is 5.25 Å². The predicted octanol–water partition coefficient (Wildman–Crippen LogP) is 4.58. The van der Waals surface area contributed by atoms with E-state index < -0.39 is 0 Å². The Balaban J connectivity index is 1.77. The van der Waals surface area contributed by atoms with Gasteiger partial charge < -0.3 is 5.32 Å². The fraction of sp³-hybridized carbons (Fsp3) is 0.316. The normalized spacial score (nSPS) is 16.4. The Labute approximate surface area is 136 Å². The molecular weight excluding hydrogens is 290 g/mol. The second-order valence-corrected chi connectivity index (χ2v) is 6.89. The molecule has 0 radical (unpaired) electrons. The molecule has 22 heavy (non-hydrogen) atoms. The van der Waals surface area contributed by atoms with Gasteiger partial charge in [0, 0.05) is 10.9 Å². The molecule has 0 bridgehead atoms. The highest BCUT2D eigenvalue weighted by molar-refractivity contribution is 8.00. The first kappa shape index (κ1) is 15.2. The molecule has 1 N–H and O–H groups in total. The second kappa shape index (κ2) is 7.50. The second-order valence-electron chi connectivity index (χ2n) is 5.71. The summed E-state index contributed by atoms with van der Waals surface area (Å²) in [6, 6.07) is 20.6. The average molecular weight is 311 g/mol. The van der Waals surface area contributed by atoms with E-state index in [1.807, 2.05) is 48.5 Å². The van der Waals surface area contributed by atoms with Gasteiger partial charge in [-0.2, -0.15) is 0 Å². The minimum atomic E-state index is -0.191. The summed E-state index contributed by atoms with van der Waals surface area (Å²) in [6.07, 6.45) is 4.69. The molecule has 114 valence electrons. The largest absolute Gasteiger partial charge is 0.352 e. The molecule has 3 rings (SSSR count). The molecule has 0 spiro atoms. The maximum Gasteiger partial charge on any atom is 0.238 e. The van der Waals surface area contributed by atoms with Gasteiger partial charge in [0.25, 0.3) is 0 Å². The summed E-state index contributed by atoms with van der Waals surface area (Å²) in [5.74, 6) is 0.131. The lowest BCUT2D eigenvalue weighted by Gasteiger charge is -2.20. The van der Waals surface area contributed by atoms with Crippen molar-refractivity contribution in [3.05, 3.63) is 66.2 Å². The predicted molar refractivity (Wildman–Crippen MR) is 91.9 cm³/mol. The van der Waals surface area contributed by atoms with Crippen molar-refractivity contribution in [1.29, 1.82) is 0 Å². The first-order valence-electron chi connectivity index (χ1n) is 7.90. The highest BCUT2D eigenvalue weighted by Crippen LogP contribution is 2.35. The van der Waals surface area contributed by atoms with Crippen LogP contribution in [0.3, 0.4) is 0 Å². The Hall–Kier alpha value is -1.74. The maximum atomic E-state index is 12.8. The molecule has 0 saturated heterocycles. The van der Waals surface area contributed by atoms with Crippen molar-refractivity contribution in [1.82, 2.24) is 5.32 Å². The molecule has 1 atom stereocenters. The van der Waals surface area contributed by atoms with Crippen molar-refractivity contribution >= 4 is 17.7 Å². The smallest absolute Gasteiger partial charge is 0.238 e. The van der Waals surface area contributed by atoms with Gasteiger partial charge in [-0.05, 0) is 30.5 Å². The minimum absolute atomic E-state index is 0.131. The van der Waals surface area contributed by atoms with Crippen molar-refractivity contribution in [2.24, 2.45) is 0 Å². The number of benzene rings is 2. The molecule has 1 fully saturated rings. The zero-order valence-electron chi connectivity index (χ0n) is 12.6. The van der Waals surface area contributed by atoms with Crippen molar-refractivity contribution < 1.29 is 4.79 Å². The van der Waals surface area contributed by atoms with Crippen LogP contribution in [-0.4, -0.2) is 11.9 Å². The quantitative estimate of drug-likeness (QED) is 0.819. The average Bonchev–Trinajstić information content (AvgIpc) is 3.07. The lowest BCUT2D eigenvalue weighted by atomic mass is 10.1. The molecule has 1 amide bonds. The molecule has 1 saturated carbocycles. The SMILES string of the molecule is O=C(NC1CCCC1)[C@@H](Sc1ccccc1)c1ccccc1. The number of nitrogens with one attached hydrogen (secondary N) is 1. The van der Waals surface area contributed by atoms with E-state index in [1.165, 1.54) is 12.8 Å². The van der Waals surface area contributed by atoms with E-state index >= 15 is 0 Å². The summed E-state index contributed by atoms with van der Waals surface area (Å²) in [7, 11) is 0. The fourth-order valence-electron chi connectivity index (χ4n) is 2.88. The number of carbonyl (C=O) groups is 1. The van der Waals surface area contributed by atoms with Gasteiger partial charge in [-0.25, -0.2) is 0 Å². The van der Waals surface area contributed by atoms with E-state index in [9.17, 15) is 4.79 Å². The third kappa shape index (κ3) is 3.92. The van der Waals surface area contributed by atoms with Crippen molar-refractivity contribution in [3.8, 4) is 0 Å². The fourth-order valence-corrected chi connectivity index (χ4v) is 3.94. The van der Waals surface area contributed by atoms with Crippen LogP contribution in [0.4, 0.5) is 0 Å². The zero-order chi connectivity index (χ0) is 15.2. The zero-order valence-corrected chi connectivity index (χ0v) is 13.4. The summed E-state index contributed by atoms with van der Waals surface area (Å²) < 4.78 is 0. The van der Waals surface area contributed by atoms with Crippen LogP contribution in [0.2, 0.25) is 0 Å². The molecule has 1 aliphatic carbocycles. The Morgan fingerprint density at radius 3 is 2.18 bits per heavy atom. The Morgan fingerprint density at radius 2 is 1.55 bits per heavy atom. The van der Waals surface area contributed by atoms with Crippen LogP contribution in [0.15, 0.2) is 65.6 Å². The summed E-state index contributed by atoms with van der Waals surface area (Å²) in [5, 5.41) is 3.05. The van der Waals surface area contributed by atoms with E-state index in [0.29, 0.717) is 6.04 Å². The molecule has 0 aromatic heterocycles. The highest BCUT2D eigenvalue weighted by Gasteiger charge is 2.25. The third-order valence-electron chi connectivity index (χ3n) is 4.04. The number of hydrogen-bond acceptors (Lipinski definition) is 2. The van der Waals surface area contributed by atoms with Crippen LogP contribution in [-0.2, 0) is 4.79 Å². The monoisotopic (exact) mass is 311 g/mol. The summed E-state index contributed by atoms with van der Waals surface area (Å²) in [5.41, 5.74) is 1.06. The van der Waals surface area contributed by atoms with Crippen molar-refractivity contribution in [2.45, 2.75) is 41.9 Å². The van der Waals surface area contributed by atoms with Gasteiger partial charge in [0.05, 0.1) is 0 Å². The van der Waals surface area contributed by atoms with Crippen LogP contribution >= 0.6 is 11.8 Å². The van der Waals surface area contributed by atoms with Crippen LogP contribution < -0.4 is 5.32 Å². The number of rotatable bonds is 5. The summed E-state index contributed by atoms with van der Waals surface area (Å²) >= 11 is 1.62. The van der Waals surface area contributed by atoms with E-state index in [-0.39, 0.29) is 11.2 Å². The van der Waals surface area contributed by atoms with Gasteiger partial charge >= 0.3 is 0 Å². The van der Waals surface area contributed by atoms with Gasteiger partial charge in [-0.3, -0.25) is 4.79 Å². The van der Waals surface area contributed by atoms with Crippen molar-refractivity contribution in [3.63, 3.8) is 0 Å². The molecule has 3 heteroatoms. The molecule has 1 aliphatic rings. The molecule has 0 aliphatic heterocycles. The third-order valence-corrected chi connectivity index (χ3v) is 5.31. The highest BCUT2D eigenvalue weighted by atomic mass is 32.2. The minimum Gasteiger partial charge on any atom is -0.352 e. The lowest BCUT2D eigenvalue weighted by molar-refractivity contribution is -0.121. The first-order valence-corrected chi connectivity index (χ1v) is 8.78.